The van der Waals surface area contributed by atoms with Gasteiger partial charge in [0.2, 0.25) is 5.91 Å². The molecule has 2 N–H and O–H groups in total. The van der Waals surface area contributed by atoms with Crippen molar-refractivity contribution >= 4 is 35.1 Å². The molecule has 6 nitrogen and oxygen atoms in total. The first-order chi connectivity index (χ1) is 17.7. The minimum Gasteiger partial charge on any atom is -0.427 e. The molecule has 4 atom stereocenters. The van der Waals surface area contributed by atoms with Crippen molar-refractivity contribution in [3.63, 3.8) is 0 Å². The lowest BCUT2D eigenvalue weighted by Crippen LogP contribution is -2.61. The summed E-state index contributed by atoms with van der Waals surface area (Å²) in [7, 11) is 0. The summed E-state index contributed by atoms with van der Waals surface area (Å²) in [5.41, 5.74) is 1.53. The standard InChI is InChI=1S/C29H34Cl2N2O4/c1-18(34)37-23-4-2-3-21(13-23)29-9-10-33(16-19-5-6-19)17-24(29)27(35)14-22(15-29)32-28(36)12-20-7-8-25(30)26(31)11-20/h2-4,7-8,11,13,19,22,24,27,35H,5-6,9-10,12,14-17H2,1H3,(H,32,36)/t22-,24+,27?,29+/m1/s1. The minimum absolute atomic E-state index is 0.0378. The number of aliphatic hydroxyl groups is 1. The molecule has 3 aliphatic rings. The number of hydrogen-bond acceptors (Lipinski definition) is 5. The van der Waals surface area contributed by atoms with E-state index in [-0.39, 0.29) is 35.7 Å². The van der Waals surface area contributed by atoms with Gasteiger partial charge in [-0.15, -0.1) is 0 Å². The Kier molecular flexibility index (Phi) is 7.83. The predicted molar refractivity (Wildman–Crippen MR) is 144 cm³/mol. The first kappa shape index (κ1) is 26.5. The van der Waals surface area contributed by atoms with Crippen molar-refractivity contribution in [2.75, 3.05) is 19.6 Å². The Labute approximate surface area is 228 Å². The van der Waals surface area contributed by atoms with E-state index in [1.54, 1.807) is 24.3 Å². The fourth-order valence-electron chi connectivity index (χ4n) is 6.38. The van der Waals surface area contributed by atoms with Gasteiger partial charge in [0, 0.05) is 37.4 Å². The first-order valence-electron chi connectivity index (χ1n) is 13.1. The van der Waals surface area contributed by atoms with Gasteiger partial charge in [-0.05, 0) is 80.0 Å². The molecule has 1 aliphatic heterocycles. The maximum atomic E-state index is 13.0. The number of likely N-dealkylation sites (tertiary alicyclic amines) is 1. The summed E-state index contributed by atoms with van der Waals surface area (Å²) in [4.78, 5) is 27.1. The summed E-state index contributed by atoms with van der Waals surface area (Å²) in [5, 5.41) is 15.5. The zero-order chi connectivity index (χ0) is 26.2. The van der Waals surface area contributed by atoms with Crippen LogP contribution in [0.3, 0.4) is 0 Å². The molecule has 2 saturated carbocycles. The van der Waals surface area contributed by atoms with Crippen LogP contribution in [0.4, 0.5) is 0 Å². The molecule has 0 bridgehead atoms. The Hall–Kier alpha value is -2.12. The lowest BCUT2D eigenvalue weighted by atomic mass is 9.57. The number of halogens is 2. The Bertz CT molecular complexity index is 1170. The van der Waals surface area contributed by atoms with E-state index in [0.29, 0.717) is 22.2 Å². The van der Waals surface area contributed by atoms with Gasteiger partial charge < -0.3 is 20.1 Å². The van der Waals surface area contributed by atoms with Crippen molar-refractivity contribution < 1.29 is 19.4 Å². The summed E-state index contributed by atoms with van der Waals surface area (Å²) in [6, 6.07) is 12.8. The molecule has 8 heteroatoms. The number of piperidine rings is 1. The number of aliphatic hydroxyl groups excluding tert-OH is 1. The van der Waals surface area contributed by atoms with E-state index in [9.17, 15) is 14.7 Å². The van der Waals surface area contributed by atoms with Gasteiger partial charge in [-0.2, -0.15) is 0 Å². The monoisotopic (exact) mass is 544 g/mol. The molecular weight excluding hydrogens is 511 g/mol. The third kappa shape index (κ3) is 6.14. The Balaban J connectivity index is 1.37. The van der Waals surface area contributed by atoms with Crippen LogP contribution in [0.2, 0.25) is 10.0 Å². The highest BCUT2D eigenvalue weighted by molar-refractivity contribution is 6.42. The third-order valence-electron chi connectivity index (χ3n) is 8.24. The fourth-order valence-corrected chi connectivity index (χ4v) is 6.70. The molecule has 1 amide bonds. The zero-order valence-corrected chi connectivity index (χ0v) is 22.6. The second-order valence-electron chi connectivity index (χ2n) is 11.0. The molecule has 3 fully saturated rings. The zero-order valence-electron chi connectivity index (χ0n) is 21.1. The molecule has 37 heavy (non-hydrogen) atoms. The van der Waals surface area contributed by atoms with Crippen LogP contribution in [0.5, 0.6) is 5.75 Å². The molecule has 0 spiro atoms. The highest BCUT2D eigenvalue weighted by atomic mass is 35.5. The highest BCUT2D eigenvalue weighted by Gasteiger charge is 2.52. The van der Waals surface area contributed by atoms with E-state index in [2.05, 4.69) is 16.3 Å². The van der Waals surface area contributed by atoms with E-state index in [1.165, 1.54) is 19.8 Å². The molecule has 198 valence electrons. The largest absolute Gasteiger partial charge is 0.427 e. The number of benzene rings is 2. The molecular formula is C29H34Cl2N2O4. The van der Waals surface area contributed by atoms with Crippen molar-refractivity contribution in [2.24, 2.45) is 11.8 Å². The Morgan fingerprint density at radius 2 is 1.97 bits per heavy atom. The van der Waals surface area contributed by atoms with Gasteiger partial charge in [-0.3, -0.25) is 9.59 Å². The lowest BCUT2D eigenvalue weighted by molar-refractivity contribution is -0.132. The highest BCUT2D eigenvalue weighted by Crippen LogP contribution is 2.50. The number of nitrogens with one attached hydrogen (secondary N) is 1. The smallest absolute Gasteiger partial charge is 0.308 e. The summed E-state index contributed by atoms with van der Waals surface area (Å²) in [5.74, 6) is 0.870. The van der Waals surface area contributed by atoms with E-state index in [1.807, 2.05) is 12.1 Å². The van der Waals surface area contributed by atoms with Gasteiger partial charge in [-0.1, -0.05) is 41.4 Å². The van der Waals surface area contributed by atoms with Crippen LogP contribution in [0.25, 0.3) is 0 Å². The summed E-state index contributed by atoms with van der Waals surface area (Å²) in [6.45, 7) is 4.27. The van der Waals surface area contributed by atoms with Crippen LogP contribution < -0.4 is 10.1 Å². The molecule has 2 aromatic rings. The van der Waals surface area contributed by atoms with Gasteiger partial charge in [0.15, 0.2) is 0 Å². The maximum Gasteiger partial charge on any atom is 0.308 e. The second kappa shape index (κ2) is 10.9. The lowest BCUT2D eigenvalue weighted by Gasteiger charge is -2.55. The first-order valence-corrected chi connectivity index (χ1v) is 13.9. The SMILES string of the molecule is CC(=O)Oc1cccc([C@@]23CCN(CC4CC4)C[C@H]2C(O)C[C@@H](NC(=O)Cc2ccc(Cl)c(Cl)c2)C3)c1. The number of fused-ring (bicyclic) bond motifs is 1. The van der Waals surface area contributed by atoms with Gasteiger partial charge in [0.1, 0.15) is 5.75 Å². The third-order valence-corrected chi connectivity index (χ3v) is 8.98. The Morgan fingerprint density at radius 3 is 2.70 bits per heavy atom. The summed E-state index contributed by atoms with van der Waals surface area (Å²) < 4.78 is 5.41. The van der Waals surface area contributed by atoms with Crippen LogP contribution in [0, 0.1) is 11.8 Å². The number of carbonyl (C=O) groups excluding carboxylic acids is 2. The quantitative estimate of drug-likeness (QED) is 0.387. The van der Waals surface area contributed by atoms with Crippen molar-refractivity contribution in [2.45, 2.75) is 63.0 Å². The normalized spacial score (nSPS) is 27.8. The van der Waals surface area contributed by atoms with Crippen molar-refractivity contribution in [3.8, 4) is 5.75 Å². The van der Waals surface area contributed by atoms with Gasteiger partial charge in [-0.25, -0.2) is 0 Å². The van der Waals surface area contributed by atoms with Gasteiger partial charge >= 0.3 is 5.97 Å². The van der Waals surface area contributed by atoms with Crippen LogP contribution in [-0.4, -0.2) is 53.7 Å². The number of hydrogen-bond donors (Lipinski definition) is 2. The topological polar surface area (TPSA) is 78.9 Å². The van der Waals surface area contributed by atoms with Crippen molar-refractivity contribution in [1.82, 2.24) is 10.2 Å². The number of esters is 1. The van der Waals surface area contributed by atoms with Crippen LogP contribution in [0.1, 0.15) is 50.2 Å². The summed E-state index contributed by atoms with van der Waals surface area (Å²) in [6.07, 6.45) is 4.35. The molecule has 1 saturated heterocycles. The van der Waals surface area contributed by atoms with E-state index >= 15 is 0 Å². The average Bonchev–Trinajstić information content (AvgIpc) is 3.66. The van der Waals surface area contributed by atoms with E-state index in [0.717, 1.165) is 49.5 Å². The number of nitrogens with zero attached hydrogens (tertiary/aromatic N) is 1. The number of ether oxygens (including phenoxy) is 1. The van der Waals surface area contributed by atoms with Crippen molar-refractivity contribution in [3.05, 3.63) is 63.6 Å². The molecule has 2 aromatic carbocycles. The average molecular weight is 546 g/mol. The van der Waals surface area contributed by atoms with Crippen LogP contribution in [-0.2, 0) is 21.4 Å². The maximum absolute atomic E-state index is 13.0. The van der Waals surface area contributed by atoms with E-state index in [4.69, 9.17) is 27.9 Å². The van der Waals surface area contributed by atoms with Gasteiger partial charge in [0.25, 0.3) is 0 Å². The number of rotatable bonds is 7. The molecule has 1 unspecified atom stereocenters. The molecule has 1 heterocycles. The molecule has 0 radical (unpaired) electrons. The Morgan fingerprint density at radius 1 is 1.16 bits per heavy atom. The number of amides is 1. The molecule has 0 aromatic heterocycles. The van der Waals surface area contributed by atoms with Crippen molar-refractivity contribution in [1.29, 1.82) is 0 Å². The fraction of sp³-hybridized carbons (Fsp3) is 0.517. The molecule has 5 rings (SSSR count). The second-order valence-corrected chi connectivity index (χ2v) is 11.8. The van der Waals surface area contributed by atoms with E-state index < -0.39 is 6.10 Å². The number of carbonyl (C=O) groups is 2. The van der Waals surface area contributed by atoms with Gasteiger partial charge in [0.05, 0.1) is 22.6 Å². The minimum atomic E-state index is -0.552. The molecule has 2 aliphatic carbocycles. The van der Waals surface area contributed by atoms with Crippen LogP contribution in [0.15, 0.2) is 42.5 Å². The van der Waals surface area contributed by atoms with Crippen LogP contribution >= 0.6 is 23.2 Å². The summed E-state index contributed by atoms with van der Waals surface area (Å²) >= 11 is 12.1. The predicted octanol–water partition coefficient (Wildman–Crippen LogP) is 4.77.